The van der Waals surface area contributed by atoms with Crippen molar-refractivity contribution >= 4 is 20.9 Å². The van der Waals surface area contributed by atoms with Crippen LogP contribution in [-0.4, -0.2) is 36.2 Å². The molecule has 2 aromatic rings. The molecule has 5 N–H and O–H groups in total. The smallest absolute Gasteiger partial charge is 0.383 e. The largest absolute Gasteiger partial charge is 0.398 e. The highest BCUT2D eigenvalue weighted by molar-refractivity contribution is 8.05. The Morgan fingerprint density at radius 1 is 1.38 bits per heavy atom. The normalized spacial score (nSPS) is 13.6. The predicted molar refractivity (Wildman–Crippen MR) is 82.0 cm³/mol. The van der Waals surface area contributed by atoms with Crippen LogP contribution in [0, 0.1) is 5.41 Å². The standard InChI is InChI=1S/C13H14F3N5O2S/c14-13(15,16)9(10-4-2-5-19-10)7-21-24(22,23)12(18)8-3-1-6-20-11(8)17/h1-6,9,18-19,21H,7H2,(H2,17,20). The molecule has 0 radical (unpaired) electrons. The zero-order valence-corrected chi connectivity index (χ0v) is 12.9. The average Bonchev–Trinajstić information content (AvgIpc) is 2.99. The molecular weight excluding hydrogens is 347 g/mol. The van der Waals surface area contributed by atoms with Crippen molar-refractivity contribution in [3.05, 3.63) is 47.9 Å². The number of nitrogens with two attached hydrogens (primary N) is 1. The molecule has 130 valence electrons. The SMILES string of the molecule is N=C(c1cccnc1N)S(=O)(=O)NCC(c1ccc[nH]1)C(F)(F)F. The van der Waals surface area contributed by atoms with Crippen molar-refractivity contribution in [2.75, 3.05) is 12.3 Å². The van der Waals surface area contributed by atoms with Gasteiger partial charge in [-0.15, -0.1) is 0 Å². The van der Waals surface area contributed by atoms with E-state index in [9.17, 15) is 21.6 Å². The lowest BCUT2D eigenvalue weighted by Gasteiger charge is -2.20. The molecule has 11 heteroatoms. The van der Waals surface area contributed by atoms with E-state index in [0.29, 0.717) is 0 Å². The first-order valence-corrected chi connectivity index (χ1v) is 8.10. The van der Waals surface area contributed by atoms with Gasteiger partial charge in [-0.2, -0.15) is 13.2 Å². The average molecular weight is 361 g/mol. The van der Waals surface area contributed by atoms with Crippen molar-refractivity contribution in [2.45, 2.75) is 12.1 Å². The van der Waals surface area contributed by atoms with Gasteiger partial charge in [0.1, 0.15) is 11.7 Å². The summed E-state index contributed by atoms with van der Waals surface area (Å²) in [4.78, 5) is 6.06. The molecule has 7 nitrogen and oxygen atoms in total. The Balaban J connectivity index is 2.20. The third-order valence-corrected chi connectivity index (χ3v) is 4.53. The van der Waals surface area contributed by atoms with E-state index >= 15 is 0 Å². The van der Waals surface area contributed by atoms with Crippen LogP contribution in [0.25, 0.3) is 0 Å². The van der Waals surface area contributed by atoms with Crippen LogP contribution in [0.1, 0.15) is 17.2 Å². The Morgan fingerprint density at radius 2 is 2.08 bits per heavy atom. The van der Waals surface area contributed by atoms with E-state index in [1.54, 1.807) is 4.72 Å². The molecule has 2 aromatic heterocycles. The minimum absolute atomic E-state index is 0.183. The first kappa shape index (κ1) is 17.9. The molecule has 1 unspecified atom stereocenters. The molecule has 0 amide bonds. The molecule has 24 heavy (non-hydrogen) atoms. The number of nitrogens with one attached hydrogen (secondary N) is 3. The van der Waals surface area contributed by atoms with Crippen LogP contribution in [0.15, 0.2) is 36.7 Å². The molecule has 2 rings (SSSR count). The fourth-order valence-electron chi connectivity index (χ4n) is 1.98. The molecule has 1 atom stereocenters. The van der Waals surface area contributed by atoms with Crippen LogP contribution in [0.2, 0.25) is 0 Å². The van der Waals surface area contributed by atoms with Crippen molar-refractivity contribution in [2.24, 2.45) is 0 Å². The summed E-state index contributed by atoms with van der Waals surface area (Å²) in [5, 5.41) is 6.74. The summed E-state index contributed by atoms with van der Waals surface area (Å²) in [6, 6.07) is 5.20. The second-order valence-corrected chi connectivity index (χ2v) is 6.54. The molecule has 0 aliphatic rings. The van der Waals surface area contributed by atoms with E-state index in [0.717, 1.165) is 0 Å². The molecule has 0 saturated carbocycles. The van der Waals surface area contributed by atoms with Gasteiger partial charge in [-0.1, -0.05) is 0 Å². The van der Waals surface area contributed by atoms with Crippen molar-refractivity contribution in [3.8, 4) is 0 Å². The molecule has 2 heterocycles. The number of halogens is 3. The molecular formula is C13H14F3N5O2S. The second kappa shape index (κ2) is 6.61. The highest BCUT2D eigenvalue weighted by atomic mass is 32.2. The van der Waals surface area contributed by atoms with Crippen LogP contribution >= 0.6 is 0 Å². The summed E-state index contributed by atoms with van der Waals surface area (Å²) >= 11 is 0. The zero-order valence-electron chi connectivity index (χ0n) is 12.1. The fourth-order valence-corrected chi connectivity index (χ4v) is 2.98. The fraction of sp³-hybridized carbons (Fsp3) is 0.231. The Labute approximate surface area is 135 Å². The number of sulfonamides is 1. The van der Waals surface area contributed by atoms with E-state index < -0.39 is 33.7 Å². The molecule has 0 aliphatic carbocycles. The van der Waals surface area contributed by atoms with E-state index in [2.05, 4.69) is 9.97 Å². The third kappa shape index (κ3) is 3.92. The number of nitrogens with zero attached hydrogens (tertiary/aromatic N) is 1. The van der Waals surface area contributed by atoms with Gasteiger partial charge in [0.05, 0.1) is 5.56 Å². The lowest BCUT2D eigenvalue weighted by molar-refractivity contribution is -0.149. The summed E-state index contributed by atoms with van der Waals surface area (Å²) in [6.07, 6.45) is -2.05. The lowest BCUT2D eigenvalue weighted by atomic mass is 10.1. The van der Waals surface area contributed by atoms with E-state index in [4.69, 9.17) is 11.1 Å². The number of hydrogen-bond donors (Lipinski definition) is 4. The Hall–Kier alpha value is -2.40. The summed E-state index contributed by atoms with van der Waals surface area (Å²) in [6.45, 7) is -0.950. The van der Waals surface area contributed by atoms with Gasteiger partial charge in [0.15, 0.2) is 5.04 Å². The van der Waals surface area contributed by atoms with Crippen LogP contribution in [0.3, 0.4) is 0 Å². The van der Waals surface area contributed by atoms with Crippen molar-refractivity contribution in [3.63, 3.8) is 0 Å². The molecule has 0 aromatic carbocycles. The molecule has 0 aliphatic heterocycles. The maximum atomic E-state index is 13.1. The number of alkyl halides is 3. The molecule has 0 fully saturated rings. The first-order chi connectivity index (χ1) is 11.1. The van der Waals surface area contributed by atoms with Gasteiger partial charge in [0.25, 0.3) is 10.0 Å². The first-order valence-electron chi connectivity index (χ1n) is 6.62. The molecule has 0 spiro atoms. The summed E-state index contributed by atoms with van der Waals surface area (Å²) < 4.78 is 65.3. The van der Waals surface area contributed by atoms with Gasteiger partial charge >= 0.3 is 6.18 Å². The van der Waals surface area contributed by atoms with E-state index in [1.165, 1.54) is 36.7 Å². The third-order valence-electron chi connectivity index (χ3n) is 3.22. The minimum Gasteiger partial charge on any atom is -0.383 e. The highest BCUT2D eigenvalue weighted by Crippen LogP contribution is 2.33. The number of anilines is 1. The van der Waals surface area contributed by atoms with Gasteiger partial charge in [0, 0.05) is 24.6 Å². The van der Waals surface area contributed by atoms with Crippen LogP contribution in [-0.2, 0) is 10.0 Å². The van der Waals surface area contributed by atoms with Crippen LogP contribution in [0.4, 0.5) is 19.0 Å². The second-order valence-electron chi connectivity index (χ2n) is 4.84. The number of hydrogen-bond acceptors (Lipinski definition) is 5. The number of H-pyrrole nitrogens is 1. The van der Waals surface area contributed by atoms with Crippen LogP contribution in [0.5, 0.6) is 0 Å². The van der Waals surface area contributed by atoms with Gasteiger partial charge in [-0.25, -0.2) is 18.1 Å². The maximum absolute atomic E-state index is 13.1. The van der Waals surface area contributed by atoms with Crippen molar-refractivity contribution < 1.29 is 21.6 Å². The highest BCUT2D eigenvalue weighted by Gasteiger charge is 2.42. The van der Waals surface area contributed by atoms with Gasteiger partial charge in [0.2, 0.25) is 0 Å². The number of pyridine rings is 1. The summed E-state index contributed by atoms with van der Waals surface area (Å²) in [5.41, 5.74) is 5.12. The predicted octanol–water partition coefficient (Wildman–Crippen LogP) is 1.58. The van der Waals surface area contributed by atoms with Gasteiger partial charge in [-0.3, -0.25) is 5.41 Å². The Bertz CT molecular complexity index is 818. The summed E-state index contributed by atoms with van der Waals surface area (Å²) in [7, 11) is -4.48. The quantitative estimate of drug-likeness (QED) is 0.477. The minimum atomic E-state index is -4.66. The van der Waals surface area contributed by atoms with Crippen LogP contribution < -0.4 is 10.5 Å². The van der Waals surface area contributed by atoms with E-state index in [-0.39, 0.29) is 17.1 Å². The number of rotatable bonds is 5. The van der Waals surface area contributed by atoms with Gasteiger partial charge in [-0.05, 0) is 24.3 Å². The Kier molecular flexibility index (Phi) is 4.94. The number of aromatic amines is 1. The monoisotopic (exact) mass is 361 g/mol. The lowest BCUT2D eigenvalue weighted by Crippen LogP contribution is -2.38. The topological polar surface area (TPSA) is 125 Å². The van der Waals surface area contributed by atoms with E-state index in [1.807, 2.05) is 0 Å². The summed E-state index contributed by atoms with van der Waals surface area (Å²) in [5.74, 6) is -2.27. The number of aromatic nitrogens is 2. The van der Waals surface area contributed by atoms with Crippen molar-refractivity contribution in [1.29, 1.82) is 5.41 Å². The Morgan fingerprint density at radius 3 is 2.62 bits per heavy atom. The molecule has 0 bridgehead atoms. The molecule has 0 saturated heterocycles. The van der Waals surface area contributed by atoms with Gasteiger partial charge < -0.3 is 10.7 Å². The maximum Gasteiger partial charge on any atom is 0.398 e. The number of nitrogen functional groups attached to an aromatic ring is 1. The zero-order chi connectivity index (χ0) is 18.0. The van der Waals surface area contributed by atoms with Crippen molar-refractivity contribution in [1.82, 2.24) is 14.7 Å².